The van der Waals surface area contributed by atoms with Gasteiger partial charge < -0.3 is 14.5 Å². The van der Waals surface area contributed by atoms with Crippen LogP contribution in [0, 0.1) is 13.8 Å². The van der Waals surface area contributed by atoms with E-state index >= 15 is 0 Å². The Balaban J connectivity index is 1.78. The zero-order valence-corrected chi connectivity index (χ0v) is 16.8. The third-order valence-electron chi connectivity index (χ3n) is 4.19. The lowest BCUT2D eigenvalue weighted by molar-refractivity contribution is 0.0320. The van der Waals surface area contributed by atoms with Crippen molar-refractivity contribution in [1.29, 1.82) is 0 Å². The summed E-state index contributed by atoms with van der Waals surface area (Å²) in [5.41, 5.74) is 1.13. The number of hydrogen-bond donors (Lipinski definition) is 1. The van der Waals surface area contributed by atoms with E-state index < -0.39 is 12.1 Å². The normalized spacial score (nSPS) is 12.4. The zero-order valence-electron chi connectivity index (χ0n) is 16.0. The predicted octanol–water partition coefficient (Wildman–Crippen LogP) is 4.31. The third-order valence-corrected chi connectivity index (χ3v) is 5.29. The van der Waals surface area contributed by atoms with Crippen molar-refractivity contribution in [3.05, 3.63) is 56.4 Å². The largest absolute Gasteiger partial charge is 0.491 e. The van der Waals surface area contributed by atoms with Gasteiger partial charge in [0.2, 0.25) is 0 Å². The van der Waals surface area contributed by atoms with Gasteiger partial charge in [-0.2, -0.15) is 0 Å². The Morgan fingerprint density at radius 3 is 2.44 bits per heavy atom. The van der Waals surface area contributed by atoms with Crippen molar-refractivity contribution >= 4 is 27.5 Å². The van der Waals surface area contributed by atoms with Crippen molar-refractivity contribution in [2.24, 2.45) is 0 Å². The van der Waals surface area contributed by atoms with Crippen LogP contribution in [0.2, 0.25) is 0 Å². The van der Waals surface area contributed by atoms with Crippen LogP contribution in [-0.2, 0) is 4.74 Å². The van der Waals surface area contributed by atoms with Crippen LogP contribution in [0.3, 0.4) is 0 Å². The van der Waals surface area contributed by atoms with Crippen molar-refractivity contribution in [2.45, 2.75) is 46.8 Å². The molecule has 3 aromatic rings. The highest BCUT2D eigenvalue weighted by molar-refractivity contribution is 7.18. The fourth-order valence-corrected chi connectivity index (χ4v) is 3.73. The average molecular weight is 386 g/mol. The zero-order chi connectivity index (χ0) is 19.7. The first-order valence-electron chi connectivity index (χ1n) is 8.74. The second-order valence-electron chi connectivity index (χ2n) is 6.65. The standard InChI is InChI=1S/C20H22N2O4S/c1-10(2)25-15-8-6-14(7-9-15)20(24)26-12(4)17-21-18(23)16-11(3)13(5)27-19(16)22-17/h6-10,12H,1-5H3,(H,21,22,23)/t12-/m1/s1. The number of carbonyl (C=O) groups excluding carboxylic acids is 1. The van der Waals surface area contributed by atoms with Crippen LogP contribution >= 0.6 is 11.3 Å². The first-order valence-corrected chi connectivity index (χ1v) is 9.55. The molecule has 0 aliphatic rings. The number of esters is 1. The summed E-state index contributed by atoms with van der Waals surface area (Å²) in [6, 6.07) is 6.76. The average Bonchev–Trinajstić information content (AvgIpc) is 2.89. The van der Waals surface area contributed by atoms with E-state index in [4.69, 9.17) is 9.47 Å². The highest BCUT2D eigenvalue weighted by Crippen LogP contribution is 2.27. The molecule has 142 valence electrons. The monoisotopic (exact) mass is 386 g/mol. The Kier molecular flexibility index (Phi) is 5.32. The third kappa shape index (κ3) is 4.03. The minimum absolute atomic E-state index is 0.0603. The van der Waals surface area contributed by atoms with Crippen LogP contribution < -0.4 is 10.3 Å². The number of ether oxygens (including phenoxy) is 2. The number of benzene rings is 1. The number of thiophene rings is 1. The quantitative estimate of drug-likeness (QED) is 0.661. The molecule has 0 spiro atoms. The van der Waals surface area contributed by atoms with Crippen molar-refractivity contribution in [2.75, 3.05) is 0 Å². The van der Waals surface area contributed by atoms with Crippen molar-refractivity contribution in [3.8, 4) is 5.75 Å². The molecule has 1 aromatic carbocycles. The minimum Gasteiger partial charge on any atom is -0.491 e. The molecular formula is C20H22N2O4S. The van der Waals surface area contributed by atoms with Crippen molar-refractivity contribution in [1.82, 2.24) is 9.97 Å². The maximum absolute atomic E-state index is 12.4. The van der Waals surface area contributed by atoms with E-state index in [1.165, 1.54) is 11.3 Å². The summed E-state index contributed by atoms with van der Waals surface area (Å²) in [4.78, 5) is 33.7. The highest BCUT2D eigenvalue weighted by atomic mass is 32.1. The molecule has 27 heavy (non-hydrogen) atoms. The summed E-state index contributed by atoms with van der Waals surface area (Å²) in [6.07, 6.45) is -0.617. The number of fused-ring (bicyclic) bond motifs is 1. The molecule has 6 nitrogen and oxygen atoms in total. The van der Waals surface area contributed by atoms with Crippen LogP contribution in [0.4, 0.5) is 0 Å². The number of hydrogen-bond acceptors (Lipinski definition) is 6. The van der Waals surface area contributed by atoms with Crippen LogP contribution in [0.5, 0.6) is 5.75 Å². The molecule has 0 fully saturated rings. The van der Waals surface area contributed by atoms with E-state index in [1.807, 2.05) is 27.7 Å². The fourth-order valence-electron chi connectivity index (χ4n) is 2.69. The molecule has 1 N–H and O–H groups in total. The predicted molar refractivity (Wildman–Crippen MR) is 106 cm³/mol. The Hall–Kier alpha value is -2.67. The van der Waals surface area contributed by atoms with E-state index in [0.29, 0.717) is 27.4 Å². The first-order chi connectivity index (χ1) is 12.8. The van der Waals surface area contributed by atoms with Gasteiger partial charge in [-0.15, -0.1) is 11.3 Å². The lowest BCUT2D eigenvalue weighted by Gasteiger charge is -2.13. The first kappa shape index (κ1) is 19.1. The maximum Gasteiger partial charge on any atom is 0.338 e. The number of rotatable bonds is 5. The van der Waals surface area contributed by atoms with Gasteiger partial charge in [0.05, 0.1) is 17.1 Å². The number of carbonyl (C=O) groups is 1. The molecule has 2 aromatic heterocycles. The van der Waals surface area contributed by atoms with E-state index in [9.17, 15) is 9.59 Å². The van der Waals surface area contributed by atoms with Gasteiger partial charge in [-0.1, -0.05) is 0 Å². The Labute approximate surface area is 161 Å². The number of aromatic amines is 1. The molecule has 0 radical (unpaired) electrons. The van der Waals surface area contributed by atoms with Gasteiger partial charge in [0, 0.05) is 4.88 Å². The van der Waals surface area contributed by atoms with Gasteiger partial charge in [0.15, 0.2) is 11.9 Å². The summed E-state index contributed by atoms with van der Waals surface area (Å²) in [5, 5.41) is 0.598. The van der Waals surface area contributed by atoms with Gasteiger partial charge >= 0.3 is 5.97 Å². The lowest BCUT2D eigenvalue weighted by Crippen LogP contribution is -2.17. The molecule has 0 aliphatic heterocycles. The molecule has 0 bridgehead atoms. The second-order valence-corrected chi connectivity index (χ2v) is 7.86. The number of nitrogens with zero attached hydrogens (tertiary/aromatic N) is 1. The van der Waals surface area contributed by atoms with Crippen molar-refractivity contribution in [3.63, 3.8) is 0 Å². The van der Waals surface area contributed by atoms with Gasteiger partial charge in [0.1, 0.15) is 10.6 Å². The fraction of sp³-hybridized carbons (Fsp3) is 0.350. The molecular weight excluding hydrogens is 364 g/mol. The summed E-state index contributed by atoms with van der Waals surface area (Å²) < 4.78 is 11.0. The molecule has 1 atom stereocenters. The minimum atomic E-state index is -0.677. The number of H-pyrrole nitrogens is 1. The Morgan fingerprint density at radius 1 is 1.15 bits per heavy atom. The van der Waals surface area contributed by atoms with Gasteiger partial charge in [0.25, 0.3) is 5.56 Å². The molecule has 7 heteroatoms. The molecule has 0 amide bonds. The summed E-state index contributed by atoms with van der Waals surface area (Å²) in [6.45, 7) is 9.42. The molecule has 0 saturated carbocycles. The maximum atomic E-state index is 12.4. The molecule has 0 aliphatic carbocycles. The van der Waals surface area contributed by atoms with E-state index in [0.717, 1.165) is 10.4 Å². The van der Waals surface area contributed by atoms with Crippen LogP contribution in [0.25, 0.3) is 10.2 Å². The van der Waals surface area contributed by atoms with Gasteiger partial charge in [-0.05, 0) is 64.4 Å². The number of nitrogens with one attached hydrogen (secondary N) is 1. The Bertz CT molecular complexity index is 1030. The molecule has 2 heterocycles. The van der Waals surface area contributed by atoms with E-state index in [2.05, 4.69) is 9.97 Å². The van der Waals surface area contributed by atoms with E-state index in [-0.39, 0.29) is 11.7 Å². The Morgan fingerprint density at radius 2 is 1.81 bits per heavy atom. The van der Waals surface area contributed by atoms with Crippen LogP contribution in [0.15, 0.2) is 29.1 Å². The summed E-state index contributed by atoms with van der Waals surface area (Å²) in [5.74, 6) is 0.538. The molecule has 0 unspecified atom stereocenters. The summed E-state index contributed by atoms with van der Waals surface area (Å²) in [7, 11) is 0. The topological polar surface area (TPSA) is 81.3 Å². The van der Waals surface area contributed by atoms with E-state index in [1.54, 1.807) is 31.2 Å². The van der Waals surface area contributed by atoms with Crippen molar-refractivity contribution < 1.29 is 14.3 Å². The van der Waals surface area contributed by atoms with Gasteiger partial charge in [-0.25, -0.2) is 9.78 Å². The highest BCUT2D eigenvalue weighted by Gasteiger charge is 2.19. The SMILES string of the molecule is Cc1sc2nc([C@@H](C)OC(=O)c3ccc(OC(C)C)cc3)[nH]c(=O)c2c1C. The number of aryl methyl sites for hydroxylation is 2. The summed E-state index contributed by atoms with van der Waals surface area (Å²) >= 11 is 1.46. The molecule has 3 rings (SSSR count). The lowest BCUT2D eigenvalue weighted by atomic mass is 10.2. The van der Waals surface area contributed by atoms with Crippen LogP contribution in [-0.4, -0.2) is 22.0 Å². The van der Waals surface area contributed by atoms with Crippen LogP contribution in [0.1, 0.15) is 53.5 Å². The van der Waals surface area contributed by atoms with Gasteiger partial charge in [-0.3, -0.25) is 4.79 Å². The second kappa shape index (κ2) is 7.52. The smallest absolute Gasteiger partial charge is 0.338 e. The number of aromatic nitrogens is 2. The molecule has 0 saturated heterocycles.